The third kappa shape index (κ3) is 3.79. The van der Waals surface area contributed by atoms with Gasteiger partial charge in [-0.1, -0.05) is 19.6 Å². The first-order chi connectivity index (χ1) is 4.35. The Morgan fingerprint density at radius 2 is 2.33 bits per heavy atom. The molecular formula is C7H14N2. The average molecular weight is 126 g/mol. The van der Waals surface area contributed by atoms with Crippen LogP contribution in [0.25, 0.3) is 0 Å². The molecule has 0 aromatic heterocycles. The van der Waals surface area contributed by atoms with Crippen molar-refractivity contribution >= 4 is 0 Å². The van der Waals surface area contributed by atoms with Gasteiger partial charge in [-0.15, -0.1) is 0 Å². The van der Waals surface area contributed by atoms with E-state index in [-0.39, 0.29) is 0 Å². The number of allylic oxidation sites excluding steroid dienone is 3. The van der Waals surface area contributed by atoms with E-state index in [1.54, 1.807) is 6.08 Å². The molecule has 0 bridgehead atoms. The third-order valence-corrected chi connectivity index (χ3v) is 0.985. The molecule has 0 heterocycles. The van der Waals surface area contributed by atoms with Crippen LogP contribution < -0.4 is 10.9 Å². The highest BCUT2D eigenvalue weighted by Gasteiger charge is 1.84. The maximum Gasteiger partial charge on any atom is 0.0258 e. The van der Waals surface area contributed by atoms with Gasteiger partial charge in [-0.3, -0.25) is 0 Å². The topological polar surface area (TPSA) is 24.1 Å². The third-order valence-electron chi connectivity index (χ3n) is 0.985. The van der Waals surface area contributed by atoms with Crippen LogP contribution in [0.2, 0.25) is 0 Å². The lowest BCUT2D eigenvalue weighted by molar-refractivity contribution is 0.667. The molecular weight excluding hydrogens is 112 g/mol. The molecule has 0 rings (SSSR count). The van der Waals surface area contributed by atoms with Gasteiger partial charge in [0.15, 0.2) is 0 Å². The number of rotatable bonds is 4. The quantitative estimate of drug-likeness (QED) is 0.437. The van der Waals surface area contributed by atoms with E-state index >= 15 is 0 Å². The SMILES string of the molecule is C=C/C=C(\CC)NNC. The van der Waals surface area contributed by atoms with E-state index in [9.17, 15) is 0 Å². The molecule has 0 fully saturated rings. The lowest BCUT2D eigenvalue weighted by Gasteiger charge is -2.04. The van der Waals surface area contributed by atoms with Gasteiger partial charge in [-0.2, -0.15) is 0 Å². The van der Waals surface area contributed by atoms with Crippen molar-refractivity contribution < 1.29 is 0 Å². The molecule has 0 saturated heterocycles. The molecule has 52 valence electrons. The molecule has 0 saturated carbocycles. The molecule has 0 aromatic rings. The minimum atomic E-state index is 0.993. The summed E-state index contributed by atoms with van der Waals surface area (Å²) in [6.07, 6.45) is 4.70. The molecule has 2 heteroatoms. The first-order valence-electron chi connectivity index (χ1n) is 3.09. The molecule has 0 amide bonds. The van der Waals surface area contributed by atoms with Crippen molar-refractivity contribution in [3.05, 3.63) is 24.4 Å². The van der Waals surface area contributed by atoms with E-state index in [1.165, 1.54) is 0 Å². The Labute approximate surface area is 56.6 Å². The summed E-state index contributed by atoms with van der Waals surface area (Å²) >= 11 is 0. The second-order valence-corrected chi connectivity index (χ2v) is 1.66. The van der Waals surface area contributed by atoms with Crippen LogP contribution in [0.4, 0.5) is 0 Å². The number of hydrogen-bond acceptors (Lipinski definition) is 2. The number of nitrogens with one attached hydrogen (secondary N) is 2. The smallest absolute Gasteiger partial charge is 0.0258 e. The van der Waals surface area contributed by atoms with Crippen LogP contribution in [-0.4, -0.2) is 7.05 Å². The molecule has 9 heavy (non-hydrogen) atoms. The first kappa shape index (κ1) is 8.24. The van der Waals surface area contributed by atoms with Gasteiger partial charge in [0.1, 0.15) is 0 Å². The largest absolute Gasteiger partial charge is 0.326 e. The lowest BCUT2D eigenvalue weighted by atomic mass is 10.3. The van der Waals surface area contributed by atoms with Crippen molar-refractivity contribution in [1.29, 1.82) is 0 Å². The Hall–Kier alpha value is -0.760. The van der Waals surface area contributed by atoms with Gasteiger partial charge >= 0.3 is 0 Å². The fourth-order valence-corrected chi connectivity index (χ4v) is 0.551. The second-order valence-electron chi connectivity index (χ2n) is 1.66. The molecule has 2 N–H and O–H groups in total. The summed E-state index contributed by atoms with van der Waals surface area (Å²) in [5.74, 6) is 0. The Morgan fingerprint density at radius 1 is 1.67 bits per heavy atom. The minimum absolute atomic E-state index is 0.993. The zero-order chi connectivity index (χ0) is 7.11. The van der Waals surface area contributed by atoms with Crippen molar-refractivity contribution in [2.75, 3.05) is 7.05 Å². The van der Waals surface area contributed by atoms with Crippen LogP contribution in [0.1, 0.15) is 13.3 Å². The van der Waals surface area contributed by atoms with Crippen LogP contribution in [0.15, 0.2) is 24.4 Å². The lowest BCUT2D eigenvalue weighted by Crippen LogP contribution is -2.26. The molecule has 0 aliphatic rings. The van der Waals surface area contributed by atoms with Crippen LogP contribution in [-0.2, 0) is 0 Å². The predicted molar refractivity (Wildman–Crippen MR) is 40.8 cm³/mol. The van der Waals surface area contributed by atoms with Crippen molar-refractivity contribution in [2.45, 2.75) is 13.3 Å². The van der Waals surface area contributed by atoms with Gasteiger partial charge in [-0.05, 0) is 12.5 Å². The normalized spacial score (nSPS) is 11.1. The number of hydrogen-bond donors (Lipinski definition) is 2. The van der Waals surface area contributed by atoms with Gasteiger partial charge < -0.3 is 5.43 Å². The second kappa shape index (κ2) is 5.38. The molecule has 0 spiro atoms. The highest BCUT2D eigenvalue weighted by molar-refractivity contribution is 5.06. The summed E-state index contributed by atoms with van der Waals surface area (Å²) in [5, 5.41) is 0. The summed E-state index contributed by atoms with van der Waals surface area (Å²) in [6, 6.07) is 0. The fraction of sp³-hybridized carbons (Fsp3) is 0.429. The Bertz CT molecular complexity index is 105. The molecule has 2 nitrogen and oxygen atoms in total. The maximum absolute atomic E-state index is 3.59. The van der Waals surface area contributed by atoms with Crippen LogP contribution >= 0.6 is 0 Å². The zero-order valence-corrected chi connectivity index (χ0v) is 6.07. The Kier molecular flexibility index (Phi) is 4.92. The van der Waals surface area contributed by atoms with Gasteiger partial charge in [-0.25, -0.2) is 5.43 Å². The Morgan fingerprint density at radius 3 is 2.67 bits per heavy atom. The summed E-state index contributed by atoms with van der Waals surface area (Å²) in [6.45, 7) is 5.67. The van der Waals surface area contributed by atoms with Crippen molar-refractivity contribution in [3.8, 4) is 0 Å². The van der Waals surface area contributed by atoms with Gasteiger partial charge in [0, 0.05) is 12.7 Å². The highest BCUT2D eigenvalue weighted by atomic mass is 15.3. The van der Waals surface area contributed by atoms with Crippen molar-refractivity contribution in [3.63, 3.8) is 0 Å². The summed E-state index contributed by atoms with van der Waals surface area (Å²) in [5.41, 5.74) is 6.96. The van der Waals surface area contributed by atoms with Gasteiger partial charge in [0.2, 0.25) is 0 Å². The van der Waals surface area contributed by atoms with E-state index < -0.39 is 0 Å². The minimum Gasteiger partial charge on any atom is -0.326 e. The summed E-state index contributed by atoms with van der Waals surface area (Å²) in [7, 11) is 1.84. The molecule has 0 aliphatic carbocycles. The Balaban J connectivity index is 3.66. The van der Waals surface area contributed by atoms with E-state index in [4.69, 9.17) is 0 Å². The zero-order valence-electron chi connectivity index (χ0n) is 6.07. The number of hydrazine groups is 1. The fourth-order valence-electron chi connectivity index (χ4n) is 0.551. The monoisotopic (exact) mass is 126 g/mol. The standard InChI is InChI=1S/C7H14N2/c1-4-6-7(5-2)9-8-3/h4,6,8-9H,1,5H2,2-3H3/b7-6+. The van der Waals surface area contributed by atoms with Gasteiger partial charge in [0.25, 0.3) is 0 Å². The first-order valence-corrected chi connectivity index (χ1v) is 3.09. The predicted octanol–water partition coefficient (Wildman–Crippen LogP) is 1.19. The molecule has 0 radical (unpaired) electrons. The molecule has 0 unspecified atom stereocenters. The molecule has 0 aromatic carbocycles. The summed E-state index contributed by atoms with van der Waals surface area (Å²) < 4.78 is 0. The molecule has 0 aliphatic heterocycles. The van der Waals surface area contributed by atoms with E-state index in [0.29, 0.717) is 0 Å². The van der Waals surface area contributed by atoms with Crippen LogP contribution in [0.3, 0.4) is 0 Å². The van der Waals surface area contributed by atoms with E-state index in [1.807, 2.05) is 13.1 Å². The van der Waals surface area contributed by atoms with Crippen LogP contribution in [0.5, 0.6) is 0 Å². The van der Waals surface area contributed by atoms with Crippen molar-refractivity contribution in [2.24, 2.45) is 0 Å². The average Bonchev–Trinajstić information content (AvgIpc) is 1.88. The van der Waals surface area contributed by atoms with Crippen molar-refractivity contribution in [1.82, 2.24) is 10.9 Å². The maximum atomic E-state index is 3.59. The van der Waals surface area contributed by atoms with Gasteiger partial charge in [0.05, 0.1) is 0 Å². The summed E-state index contributed by atoms with van der Waals surface area (Å²) in [4.78, 5) is 0. The molecule has 0 atom stereocenters. The van der Waals surface area contributed by atoms with E-state index in [2.05, 4.69) is 24.4 Å². The van der Waals surface area contributed by atoms with E-state index in [0.717, 1.165) is 12.1 Å². The van der Waals surface area contributed by atoms with Crippen LogP contribution in [0, 0.1) is 0 Å². The highest BCUT2D eigenvalue weighted by Crippen LogP contribution is 1.92.